The maximum atomic E-state index is 9.72. The molecule has 1 N–H and O–H groups in total. The third-order valence-electron chi connectivity index (χ3n) is 1.93. The van der Waals surface area contributed by atoms with Gasteiger partial charge in [0.1, 0.15) is 0 Å². The van der Waals surface area contributed by atoms with Crippen LogP contribution < -0.4 is 0 Å². The van der Waals surface area contributed by atoms with E-state index in [1.54, 1.807) is 7.11 Å². The van der Waals surface area contributed by atoms with Gasteiger partial charge in [0.2, 0.25) is 0 Å². The molecule has 0 aromatic heterocycles. The second-order valence-electron chi connectivity index (χ2n) is 3.37. The van der Waals surface area contributed by atoms with Gasteiger partial charge in [0.25, 0.3) is 8.48 Å². The maximum absolute atomic E-state index is 9.72. The first kappa shape index (κ1) is 11.4. The molecule has 3 nitrogen and oxygen atoms in total. The van der Waals surface area contributed by atoms with Crippen molar-refractivity contribution in [1.29, 1.82) is 0 Å². The van der Waals surface area contributed by atoms with E-state index in [9.17, 15) is 4.55 Å². The predicted molar refractivity (Wildman–Crippen MR) is 54.3 cm³/mol. The first-order chi connectivity index (χ1) is 4.72. The number of hydrogen-bond donors (Lipinski definition) is 1. The van der Waals surface area contributed by atoms with Gasteiger partial charge >= 0.3 is 0 Å². The average Bonchev–Trinajstić information content (AvgIpc) is 1.84. The Morgan fingerprint density at radius 1 is 1.36 bits per heavy atom. The second kappa shape index (κ2) is 3.45. The summed E-state index contributed by atoms with van der Waals surface area (Å²) in [5.41, 5.74) is 0. The van der Waals surface area contributed by atoms with Crippen molar-refractivity contribution in [1.82, 2.24) is 3.97 Å². The lowest BCUT2D eigenvalue weighted by atomic mass is 11.6. The van der Waals surface area contributed by atoms with E-state index in [4.69, 9.17) is 4.43 Å². The summed E-state index contributed by atoms with van der Waals surface area (Å²) in [6.45, 7) is 4.13. The van der Waals surface area contributed by atoms with Crippen LogP contribution in [0.15, 0.2) is 0 Å². The third-order valence-corrected chi connectivity index (χ3v) is 8.44. The summed E-state index contributed by atoms with van der Waals surface area (Å²) >= 11 is 0. The van der Waals surface area contributed by atoms with E-state index in [0.717, 1.165) is 0 Å². The summed E-state index contributed by atoms with van der Waals surface area (Å²) in [4.78, 5) is 0. The Bertz CT molecular complexity index is 135. The molecular formula is C6H19NO2SSi. The molecule has 5 heteroatoms. The molecule has 0 aliphatic rings. The summed E-state index contributed by atoms with van der Waals surface area (Å²) in [7, 11) is 0.226. The molecule has 0 rings (SSSR count). The molecule has 0 amide bonds. The van der Waals surface area contributed by atoms with Crippen molar-refractivity contribution in [2.45, 2.75) is 13.1 Å². The van der Waals surface area contributed by atoms with Crippen molar-refractivity contribution >= 4 is 19.0 Å². The van der Waals surface area contributed by atoms with Crippen molar-refractivity contribution < 1.29 is 8.98 Å². The Kier molecular flexibility index (Phi) is 3.59. The molecule has 0 bridgehead atoms. The van der Waals surface area contributed by atoms with Crippen LogP contribution in [0.3, 0.4) is 0 Å². The lowest BCUT2D eigenvalue weighted by molar-refractivity contribution is 0.365. The Balaban J connectivity index is 4.35. The lowest BCUT2D eigenvalue weighted by Gasteiger charge is -2.43. The first-order valence-electron chi connectivity index (χ1n) is 3.46. The zero-order valence-electron chi connectivity index (χ0n) is 8.21. The molecule has 0 aromatic rings. The smallest absolute Gasteiger partial charge is 0.274 e. The summed E-state index contributed by atoms with van der Waals surface area (Å²) in [6.07, 6.45) is 3.70. The zero-order chi connectivity index (χ0) is 9.28. The zero-order valence-corrected chi connectivity index (χ0v) is 10.0. The fourth-order valence-corrected chi connectivity index (χ4v) is 5.45. The molecule has 0 fully saturated rings. The van der Waals surface area contributed by atoms with Crippen molar-refractivity contribution in [2.24, 2.45) is 0 Å². The molecule has 0 saturated carbocycles. The molecular weight excluding hydrogens is 178 g/mol. The number of hydrogen-bond acceptors (Lipinski definition) is 3. The van der Waals surface area contributed by atoms with Gasteiger partial charge in [0, 0.05) is 7.11 Å². The lowest BCUT2D eigenvalue weighted by Crippen LogP contribution is -2.48. The van der Waals surface area contributed by atoms with Gasteiger partial charge in [-0.1, -0.05) is 10.5 Å². The van der Waals surface area contributed by atoms with Crippen LogP contribution in [0.4, 0.5) is 0 Å². The van der Waals surface area contributed by atoms with Crippen LogP contribution in [0.2, 0.25) is 13.1 Å². The van der Waals surface area contributed by atoms with Crippen molar-refractivity contribution in [3.05, 3.63) is 0 Å². The van der Waals surface area contributed by atoms with Gasteiger partial charge in [-0.15, -0.1) is 0 Å². The maximum Gasteiger partial charge on any atom is 0.274 e. The highest BCUT2D eigenvalue weighted by molar-refractivity contribution is 8.26. The van der Waals surface area contributed by atoms with E-state index in [0.29, 0.717) is 0 Å². The Morgan fingerprint density at radius 2 is 1.73 bits per heavy atom. The van der Waals surface area contributed by atoms with Crippen molar-refractivity contribution in [2.75, 3.05) is 26.7 Å². The molecule has 0 aromatic carbocycles. The Morgan fingerprint density at radius 3 is 1.82 bits per heavy atom. The fourth-order valence-electron chi connectivity index (χ4n) is 0.667. The standard InChI is InChI=1S/C6H19NO2SSi/c1-7(10(3,4)8)11(5,6)9-2/h8H,1-6H3. The van der Waals surface area contributed by atoms with Gasteiger partial charge in [-0.05, 0) is 32.7 Å². The van der Waals surface area contributed by atoms with Crippen LogP contribution in [0.25, 0.3) is 0 Å². The second-order valence-corrected chi connectivity index (χ2v) is 10.7. The highest BCUT2D eigenvalue weighted by atomic mass is 32.3. The molecule has 0 spiro atoms. The SMILES string of the molecule is CO[Si](C)(C)N(C)S(C)(C)O. The number of rotatable bonds is 3. The van der Waals surface area contributed by atoms with Crippen LogP contribution in [-0.4, -0.2) is 43.7 Å². The normalized spacial score (nSPS) is 15.6. The highest BCUT2D eigenvalue weighted by Crippen LogP contribution is 2.41. The van der Waals surface area contributed by atoms with Gasteiger partial charge in [0.15, 0.2) is 0 Å². The summed E-state index contributed by atoms with van der Waals surface area (Å²) in [6, 6.07) is 0. The van der Waals surface area contributed by atoms with Crippen LogP contribution in [0.1, 0.15) is 0 Å². The Labute approximate surface area is 72.2 Å². The molecule has 0 heterocycles. The summed E-state index contributed by atoms with van der Waals surface area (Å²) in [5.74, 6) is 0. The molecule has 11 heavy (non-hydrogen) atoms. The van der Waals surface area contributed by atoms with Crippen LogP contribution in [0.5, 0.6) is 0 Å². The van der Waals surface area contributed by atoms with Gasteiger partial charge in [-0.2, -0.15) is 0 Å². The minimum absolute atomic E-state index is 1.60. The quantitative estimate of drug-likeness (QED) is 0.699. The average molecular weight is 197 g/mol. The van der Waals surface area contributed by atoms with E-state index in [1.807, 2.05) is 23.5 Å². The van der Waals surface area contributed by atoms with E-state index in [-0.39, 0.29) is 0 Å². The molecule has 0 radical (unpaired) electrons. The molecule has 0 aliphatic heterocycles. The van der Waals surface area contributed by atoms with Crippen LogP contribution >= 0.6 is 10.5 Å². The van der Waals surface area contributed by atoms with Crippen molar-refractivity contribution in [3.8, 4) is 0 Å². The molecule has 70 valence electrons. The van der Waals surface area contributed by atoms with Crippen LogP contribution in [0, 0.1) is 0 Å². The monoisotopic (exact) mass is 197 g/mol. The topological polar surface area (TPSA) is 32.7 Å². The minimum atomic E-state index is -1.80. The van der Waals surface area contributed by atoms with Gasteiger partial charge < -0.3 is 8.98 Å². The summed E-state index contributed by atoms with van der Waals surface area (Å²) < 4.78 is 17.1. The van der Waals surface area contributed by atoms with Gasteiger partial charge in [-0.3, -0.25) is 0 Å². The van der Waals surface area contributed by atoms with Gasteiger partial charge in [0.05, 0.1) is 0 Å². The van der Waals surface area contributed by atoms with E-state index in [2.05, 4.69) is 13.1 Å². The van der Waals surface area contributed by atoms with E-state index >= 15 is 0 Å². The third kappa shape index (κ3) is 3.12. The van der Waals surface area contributed by atoms with Gasteiger partial charge in [-0.25, -0.2) is 3.97 Å². The molecule has 0 atom stereocenters. The first-order valence-corrected chi connectivity index (χ1v) is 8.68. The largest absolute Gasteiger partial charge is 0.406 e. The van der Waals surface area contributed by atoms with Crippen molar-refractivity contribution in [3.63, 3.8) is 0 Å². The predicted octanol–water partition coefficient (Wildman–Crippen LogP) is 1.72. The fraction of sp³-hybridized carbons (Fsp3) is 1.00. The van der Waals surface area contributed by atoms with E-state index in [1.165, 1.54) is 0 Å². The molecule has 0 aliphatic carbocycles. The number of nitrogens with zero attached hydrogens (tertiary/aromatic N) is 1. The van der Waals surface area contributed by atoms with E-state index < -0.39 is 19.0 Å². The summed E-state index contributed by atoms with van der Waals surface area (Å²) in [5, 5.41) is 0. The highest BCUT2D eigenvalue weighted by Gasteiger charge is 2.33. The molecule has 0 unspecified atom stereocenters. The Hall–Kier alpha value is 0.447. The molecule has 0 saturated heterocycles. The van der Waals surface area contributed by atoms with Crippen LogP contribution in [-0.2, 0) is 4.43 Å². The minimum Gasteiger partial charge on any atom is -0.406 e.